The number of nitrogens with zero attached hydrogens (tertiary/aromatic N) is 4. The summed E-state index contributed by atoms with van der Waals surface area (Å²) in [5.74, 6) is 2.31. The Bertz CT molecular complexity index is 3290. The van der Waals surface area contributed by atoms with Crippen molar-refractivity contribution in [2.24, 2.45) is 0 Å². The SMILES string of the molecule is CCC1c2ccccc2-c2ccc(-c3nc(-c4cccc5c4sc4ccccc45)nc(-n4c5ccccc5c5cc6c(cc54)C(C)(C)c4ccccc4-6)n3)cc21. The van der Waals surface area contributed by atoms with Gasteiger partial charge in [0.25, 0.3) is 0 Å². The van der Waals surface area contributed by atoms with Crippen LogP contribution in [-0.2, 0) is 5.41 Å². The molecule has 12 rings (SSSR count). The van der Waals surface area contributed by atoms with E-state index in [2.05, 4.69) is 171 Å². The molecule has 10 aromatic rings. The lowest BCUT2D eigenvalue weighted by Crippen LogP contribution is -2.15. The molecule has 5 heteroatoms. The molecule has 0 saturated carbocycles. The molecule has 1 atom stereocenters. The standard InChI is InChI=1S/C51H36N4S/c1-4-30-31-14-5-6-15-32(31)33-25-24-29(26-39(30)33)48-52-49(38-20-13-19-37-36-18-9-12-23-46(36)56-47(37)38)54-50(53-48)55-44-22-11-8-17-35(44)41-27-40-34-16-7-10-21-42(34)51(2,3)43(40)28-45(41)55/h5-28,30H,4H2,1-3H3. The number of para-hydroxylation sites is 1. The zero-order chi connectivity index (χ0) is 37.3. The Hall–Kier alpha value is -6.43. The van der Waals surface area contributed by atoms with Gasteiger partial charge in [0.2, 0.25) is 5.95 Å². The Morgan fingerprint density at radius 1 is 0.536 bits per heavy atom. The molecule has 4 nitrogen and oxygen atoms in total. The van der Waals surface area contributed by atoms with Gasteiger partial charge < -0.3 is 0 Å². The van der Waals surface area contributed by atoms with Gasteiger partial charge in [-0.05, 0) is 87.3 Å². The monoisotopic (exact) mass is 736 g/mol. The molecule has 2 aliphatic carbocycles. The number of hydrogen-bond acceptors (Lipinski definition) is 4. The lowest BCUT2D eigenvalue weighted by molar-refractivity contribution is 0.661. The van der Waals surface area contributed by atoms with Crippen molar-refractivity contribution in [1.29, 1.82) is 0 Å². The fourth-order valence-corrected chi connectivity index (χ4v) is 11.1. The third-order valence-electron chi connectivity index (χ3n) is 12.6. The zero-order valence-corrected chi connectivity index (χ0v) is 32.2. The summed E-state index contributed by atoms with van der Waals surface area (Å²) in [7, 11) is 0. The molecule has 0 N–H and O–H groups in total. The molecule has 0 bridgehead atoms. The van der Waals surface area contributed by atoms with E-state index in [1.807, 2.05) is 0 Å². The van der Waals surface area contributed by atoms with E-state index in [9.17, 15) is 0 Å². The molecule has 0 spiro atoms. The number of rotatable bonds is 4. The average Bonchev–Trinajstić information content (AvgIpc) is 3.95. The van der Waals surface area contributed by atoms with E-state index >= 15 is 0 Å². The number of benzene rings is 7. The van der Waals surface area contributed by atoms with Crippen LogP contribution in [0.1, 0.15) is 55.4 Å². The van der Waals surface area contributed by atoms with E-state index in [1.54, 1.807) is 11.3 Å². The van der Waals surface area contributed by atoms with Crippen molar-refractivity contribution in [3.63, 3.8) is 0 Å². The van der Waals surface area contributed by atoms with Crippen molar-refractivity contribution in [3.05, 3.63) is 168 Å². The molecule has 0 radical (unpaired) electrons. The second kappa shape index (κ2) is 11.5. The van der Waals surface area contributed by atoms with Crippen LogP contribution >= 0.6 is 11.3 Å². The van der Waals surface area contributed by atoms with Gasteiger partial charge in [-0.15, -0.1) is 11.3 Å². The Morgan fingerprint density at radius 3 is 2.14 bits per heavy atom. The minimum Gasteiger partial charge on any atom is -0.278 e. The van der Waals surface area contributed by atoms with Crippen molar-refractivity contribution in [2.45, 2.75) is 38.5 Å². The van der Waals surface area contributed by atoms with Gasteiger partial charge in [-0.1, -0.05) is 130 Å². The highest BCUT2D eigenvalue weighted by atomic mass is 32.1. The van der Waals surface area contributed by atoms with Crippen molar-refractivity contribution in [2.75, 3.05) is 0 Å². The van der Waals surface area contributed by atoms with Crippen molar-refractivity contribution in [3.8, 4) is 51.0 Å². The van der Waals surface area contributed by atoms with E-state index in [-0.39, 0.29) is 5.41 Å². The highest BCUT2D eigenvalue weighted by Gasteiger charge is 2.36. The Morgan fingerprint density at radius 2 is 1.25 bits per heavy atom. The van der Waals surface area contributed by atoms with Gasteiger partial charge in [0.05, 0.1) is 11.0 Å². The predicted molar refractivity (Wildman–Crippen MR) is 233 cm³/mol. The lowest BCUT2D eigenvalue weighted by Gasteiger charge is -2.21. The highest BCUT2D eigenvalue weighted by Crippen LogP contribution is 2.51. The summed E-state index contributed by atoms with van der Waals surface area (Å²) in [6.07, 6.45) is 1.03. The fraction of sp³-hybridized carbons (Fsp3) is 0.118. The zero-order valence-electron chi connectivity index (χ0n) is 31.3. The van der Waals surface area contributed by atoms with Crippen LogP contribution in [0.2, 0.25) is 0 Å². The van der Waals surface area contributed by atoms with Crippen LogP contribution in [-0.4, -0.2) is 19.5 Å². The Kier molecular flexibility index (Phi) is 6.57. The molecule has 266 valence electrons. The van der Waals surface area contributed by atoms with Gasteiger partial charge in [-0.2, -0.15) is 9.97 Å². The van der Waals surface area contributed by atoms with Crippen LogP contribution in [0.3, 0.4) is 0 Å². The minimum atomic E-state index is -0.147. The van der Waals surface area contributed by atoms with Gasteiger partial charge in [-0.3, -0.25) is 4.57 Å². The fourth-order valence-electron chi connectivity index (χ4n) is 9.91. The van der Waals surface area contributed by atoms with E-state index in [1.165, 1.54) is 75.5 Å². The highest BCUT2D eigenvalue weighted by molar-refractivity contribution is 7.26. The first-order valence-corrected chi connectivity index (χ1v) is 20.4. The molecule has 0 fully saturated rings. The largest absolute Gasteiger partial charge is 0.278 e. The molecular weight excluding hydrogens is 701 g/mol. The van der Waals surface area contributed by atoms with Gasteiger partial charge >= 0.3 is 0 Å². The van der Waals surface area contributed by atoms with E-state index in [4.69, 9.17) is 15.0 Å². The van der Waals surface area contributed by atoms with Crippen LogP contribution in [0.5, 0.6) is 0 Å². The van der Waals surface area contributed by atoms with Crippen LogP contribution in [0.4, 0.5) is 0 Å². The predicted octanol–water partition coefficient (Wildman–Crippen LogP) is 13.5. The smallest absolute Gasteiger partial charge is 0.238 e. The molecule has 0 aliphatic heterocycles. The second-order valence-electron chi connectivity index (χ2n) is 15.9. The van der Waals surface area contributed by atoms with Crippen LogP contribution < -0.4 is 0 Å². The lowest BCUT2D eigenvalue weighted by atomic mass is 9.82. The summed E-state index contributed by atoms with van der Waals surface area (Å²) >= 11 is 1.81. The normalized spacial score (nSPS) is 15.1. The molecule has 3 aromatic heterocycles. The number of fused-ring (bicyclic) bond motifs is 12. The molecule has 0 saturated heterocycles. The molecule has 56 heavy (non-hydrogen) atoms. The summed E-state index contributed by atoms with van der Waals surface area (Å²) < 4.78 is 4.72. The Balaban J connectivity index is 1.14. The maximum atomic E-state index is 5.45. The number of hydrogen-bond donors (Lipinski definition) is 0. The van der Waals surface area contributed by atoms with Gasteiger partial charge in [-0.25, -0.2) is 4.98 Å². The van der Waals surface area contributed by atoms with E-state index in [0.717, 1.165) is 28.6 Å². The molecule has 1 unspecified atom stereocenters. The first-order valence-electron chi connectivity index (χ1n) is 19.6. The van der Waals surface area contributed by atoms with E-state index in [0.29, 0.717) is 23.5 Å². The molecule has 0 amide bonds. The number of aromatic nitrogens is 4. The molecule has 7 aromatic carbocycles. The third-order valence-corrected chi connectivity index (χ3v) is 13.8. The summed E-state index contributed by atoms with van der Waals surface area (Å²) in [5, 5.41) is 4.86. The van der Waals surface area contributed by atoms with Crippen LogP contribution in [0, 0.1) is 0 Å². The van der Waals surface area contributed by atoms with Crippen molar-refractivity contribution >= 4 is 53.3 Å². The maximum absolute atomic E-state index is 5.45. The summed E-state index contributed by atoms with van der Waals surface area (Å²) in [6, 6.07) is 53.2. The average molecular weight is 737 g/mol. The van der Waals surface area contributed by atoms with Crippen LogP contribution in [0.15, 0.2) is 146 Å². The third kappa shape index (κ3) is 4.32. The summed E-state index contributed by atoms with van der Waals surface area (Å²) in [6.45, 7) is 6.97. The molecule has 3 heterocycles. The Labute approximate surface area is 328 Å². The molecule has 2 aliphatic rings. The first-order chi connectivity index (χ1) is 27.5. The summed E-state index contributed by atoms with van der Waals surface area (Å²) in [5.41, 5.74) is 14.7. The number of thiophene rings is 1. The molecular formula is C51H36N4S. The second-order valence-corrected chi connectivity index (χ2v) is 16.9. The maximum Gasteiger partial charge on any atom is 0.238 e. The van der Waals surface area contributed by atoms with Gasteiger partial charge in [0.1, 0.15) is 0 Å². The van der Waals surface area contributed by atoms with Crippen molar-refractivity contribution < 1.29 is 0 Å². The van der Waals surface area contributed by atoms with Crippen LogP contribution in [0.25, 0.3) is 93.0 Å². The summed E-state index contributed by atoms with van der Waals surface area (Å²) in [4.78, 5) is 16.2. The van der Waals surface area contributed by atoms with Gasteiger partial charge in [0, 0.05) is 53.4 Å². The quantitative estimate of drug-likeness (QED) is 0.181. The van der Waals surface area contributed by atoms with E-state index < -0.39 is 0 Å². The topological polar surface area (TPSA) is 43.6 Å². The first kappa shape index (κ1) is 31.9. The van der Waals surface area contributed by atoms with Crippen molar-refractivity contribution in [1.82, 2.24) is 19.5 Å². The van der Waals surface area contributed by atoms with Gasteiger partial charge in [0.15, 0.2) is 11.6 Å². The minimum absolute atomic E-state index is 0.147.